The Morgan fingerprint density at radius 2 is 1.76 bits per heavy atom. The fourth-order valence-electron chi connectivity index (χ4n) is 1.74. The molecule has 0 radical (unpaired) electrons. The molecule has 2 aromatic rings. The summed E-state index contributed by atoms with van der Waals surface area (Å²) in [5.74, 6) is -1.06. The molecule has 2 rings (SSSR count). The highest BCUT2D eigenvalue weighted by atomic mass is 19.3. The van der Waals surface area contributed by atoms with Gasteiger partial charge in [0.05, 0.1) is 5.69 Å². The van der Waals surface area contributed by atoms with E-state index in [1.165, 1.54) is 0 Å². The van der Waals surface area contributed by atoms with Crippen LogP contribution in [0, 0.1) is 5.82 Å². The quantitative estimate of drug-likeness (QED) is 0.834. The third-order valence-electron chi connectivity index (χ3n) is 2.84. The molecule has 2 aromatic carbocycles. The zero-order valence-electron chi connectivity index (χ0n) is 11.3. The molecule has 0 bridgehead atoms. The minimum atomic E-state index is -3.13. The number of halogens is 3. The summed E-state index contributed by atoms with van der Waals surface area (Å²) in [5, 5.41) is 0. The van der Waals surface area contributed by atoms with Gasteiger partial charge < -0.3 is 15.2 Å². The van der Waals surface area contributed by atoms with E-state index in [9.17, 15) is 13.2 Å². The summed E-state index contributed by atoms with van der Waals surface area (Å²) in [5.41, 5.74) is 6.73. The maximum Gasteiger partial charge on any atom is 0.387 e. The summed E-state index contributed by atoms with van der Waals surface area (Å²) in [6.07, 6.45) is 0.880. The maximum absolute atomic E-state index is 13.4. The van der Waals surface area contributed by atoms with Crippen molar-refractivity contribution in [3.63, 3.8) is 0 Å². The van der Waals surface area contributed by atoms with Gasteiger partial charge in [-0.1, -0.05) is 19.1 Å². The first kappa shape index (κ1) is 15.0. The Bertz CT molecular complexity index is 615. The largest absolute Gasteiger partial charge is 0.455 e. The fraction of sp³-hybridized carbons (Fsp3) is 0.200. The smallest absolute Gasteiger partial charge is 0.387 e. The summed E-state index contributed by atoms with van der Waals surface area (Å²) < 4.78 is 47.3. The van der Waals surface area contributed by atoms with Crippen LogP contribution in [-0.4, -0.2) is 6.61 Å². The summed E-state index contributed by atoms with van der Waals surface area (Å²) in [6.45, 7) is -1.11. The maximum atomic E-state index is 13.4. The minimum absolute atomic E-state index is 0.00585. The first-order chi connectivity index (χ1) is 9.99. The van der Waals surface area contributed by atoms with Gasteiger partial charge in [0, 0.05) is 12.1 Å². The number of anilines is 1. The highest BCUT2D eigenvalue weighted by Gasteiger charge is 2.14. The van der Waals surface area contributed by atoms with Crippen molar-refractivity contribution in [1.29, 1.82) is 0 Å². The molecule has 0 atom stereocenters. The second-order valence-corrected chi connectivity index (χ2v) is 4.30. The molecule has 21 heavy (non-hydrogen) atoms. The molecule has 112 valence electrons. The van der Waals surface area contributed by atoms with Crippen molar-refractivity contribution in [2.24, 2.45) is 0 Å². The van der Waals surface area contributed by atoms with Gasteiger partial charge in [-0.15, -0.1) is 0 Å². The van der Waals surface area contributed by atoms with E-state index < -0.39 is 18.2 Å². The highest BCUT2D eigenvalue weighted by molar-refractivity contribution is 5.57. The number of ether oxygens (including phenoxy) is 2. The molecule has 0 aliphatic rings. The van der Waals surface area contributed by atoms with Gasteiger partial charge in [-0.3, -0.25) is 0 Å². The van der Waals surface area contributed by atoms with Crippen LogP contribution in [0.3, 0.4) is 0 Å². The number of rotatable bonds is 5. The SMILES string of the molecule is CCc1ccc(Oc2cc(OC(F)F)c(F)cc2N)cc1. The van der Waals surface area contributed by atoms with E-state index in [2.05, 4.69) is 4.74 Å². The molecule has 3 nitrogen and oxygen atoms in total. The Hall–Kier alpha value is -2.37. The molecule has 0 fully saturated rings. The van der Waals surface area contributed by atoms with Gasteiger partial charge in [0.15, 0.2) is 17.3 Å². The predicted molar refractivity (Wildman–Crippen MR) is 73.3 cm³/mol. The Balaban J connectivity index is 2.25. The molecule has 0 saturated carbocycles. The standard InChI is InChI=1S/C15H14F3NO2/c1-2-9-3-5-10(6-4-9)20-14-8-13(21-15(17)18)11(16)7-12(14)19/h3-8,15H,2,19H2,1H3. The van der Waals surface area contributed by atoms with Gasteiger partial charge in [-0.25, -0.2) is 4.39 Å². The van der Waals surface area contributed by atoms with Gasteiger partial charge in [0.1, 0.15) is 5.75 Å². The van der Waals surface area contributed by atoms with E-state index >= 15 is 0 Å². The Labute approximate surface area is 120 Å². The van der Waals surface area contributed by atoms with Crippen LogP contribution in [0.5, 0.6) is 17.2 Å². The molecule has 0 aliphatic heterocycles. The number of benzene rings is 2. The fourth-order valence-corrected chi connectivity index (χ4v) is 1.74. The first-order valence-electron chi connectivity index (χ1n) is 6.30. The Morgan fingerprint density at radius 3 is 2.33 bits per heavy atom. The van der Waals surface area contributed by atoms with Crippen LogP contribution in [0.2, 0.25) is 0 Å². The third-order valence-corrected chi connectivity index (χ3v) is 2.84. The number of nitrogen functional groups attached to an aromatic ring is 1. The van der Waals surface area contributed by atoms with E-state index in [0.29, 0.717) is 5.75 Å². The summed E-state index contributed by atoms with van der Waals surface area (Å²) >= 11 is 0. The lowest BCUT2D eigenvalue weighted by atomic mass is 10.2. The van der Waals surface area contributed by atoms with Crippen LogP contribution in [0.15, 0.2) is 36.4 Å². The zero-order valence-corrected chi connectivity index (χ0v) is 11.3. The Kier molecular flexibility index (Phi) is 4.57. The highest BCUT2D eigenvalue weighted by Crippen LogP contribution is 2.34. The lowest BCUT2D eigenvalue weighted by molar-refractivity contribution is -0.0522. The molecule has 2 N–H and O–H groups in total. The van der Waals surface area contributed by atoms with Gasteiger partial charge in [-0.05, 0) is 24.1 Å². The van der Waals surface area contributed by atoms with Gasteiger partial charge >= 0.3 is 6.61 Å². The van der Waals surface area contributed by atoms with Crippen LogP contribution in [-0.2, 0) is 6.42 Å². The van der Waals surface area contributed by atoms with Crippen LogP contribution >= 0.6 is 0 Å². The van der Waals surface area contributed by atoms with Crippen molar-refractivity contribution in [3.05, 3.63) is 47.8 Å². The van der Waals surface area contributed by atoms with Crippen molar-refractivity contribution in [3.8, 4) is 17.2 Å². The van der Waals surface area contributed by atoms with Gasteiger partial charge in [0.25, 0.3) is 0 Å². The molecular weight excluding hydrogens is 283 g/mol. The van der Waals surface area contributed by atoms with Crippen molar-refractivity contribution < 1.29 is 22.6 Å². The second kappa shape index (κ2) is 6.39. The number of alkyl halides is 2. The lowest BCUT2D eigenvalue weighted by Gasteiger charge is -2.12. The number of hydrogen-bond donors (Lipinski definition) is 1. The van der Waals surface area contributed by atoms with E-state index in [1.807, 2.05) is 19.1 Å². The number of nitrogens with two attached hydrogens (primary N) is 1. The Morgan fingerprint density at radius 1 is 1.10 bits per heavy atom. The van der Waals surface area contributed by atoms with Crippen molar-refractivity contribution in [2.45, 2.75) is 20.0 Å². The number of hydrogen-bond acceptors (Lipinski definition) is 3. The molecule has 0 unspecified atom stereocenters. The van der Waals surface area contributed by atoms with E-state index in [4.69, 9.17) is 10.5 Å². The molecule has 0 aliphatic carbocycles. The molecule has 0 spiro atoms. The topological polar surface area (TPSA) is 44.5 Å². The molecule has 0 heterocycles. The lowest BCUT2D eigenvalue weighted by Crippen LogP contribution is -2.05. The van der Waals surface area contributed by atoms with Crippen molar-refractivity contribution >= 4 is 5.69 Å². The van der Waals surface area contributed by atoms with E-state index in [0.717, 1.165) is 24.1 Å². The second-order valence-electron chi connectivity index (χ2n) is 4.30. The minimum Gasteiger partial charge on any atom is -0.455 e. The van der Waals surface area contributed by atoms with Gasteiger partial charge in [-0.2, -0.15) is 8.78 Å². The molecule has 0 aromatic heterocycles. The summed E-state index contributed by atoms with van der Waals surface area (Å²) in [6, 6.07) is 9.06. The normalized spacial score (nSPS) is 10.7. The predicted octanol–water partition coefficient (Wildman–Crippen LogP) is 4.36. The average molecular weight is 297 g/mol. The van der Waals surface area contributed by atoms with E-state index in [-0.39, 0.29) is 11.4 Å². The molecule has 0 saturated heterocycles. The molecule has 0 amide bonds. The first-order valence-corrected chi connectivity index (χ1v) is 6.30. The summed E-state index contributed by atoms with van der Waals surface area (Å²) in [7, 11) is 0. The number of aryl methyl sites for hydroxylation is 1. The van der Waals surface area contributed by atoms with Crippen LogP contribution in [0.1, 0.15) is 12.5 Å². The zero-order chi connectivity index (χ0) is 15.4. The molecule has 6 heteroatoms. The van der Waals surface area contributed by atoms with Gasteiger partial charge in [0.2, 0.25) is 0 Å². The van der Waals surface area contributed by atoms with Crippen molar-refractivity contribution in [2.75, 3.05) is 5.73 Å². The van der Waals surface area contributed by atoms with Crippen LogP contribution in [0.25, 0.3) is 0 Å². The average Bonchev–Trinajstić information content (AvgIpc) is 2.44. The van der Waals surface area contributed by atoms with Crippen LogP contribution < -0.4 is 15.2 Å². The van der Waals surface area contributed by atoms with Crippen LogP contribution in [0.4, 0.5) is 18.9 Å². The monoisotopic (exact) mass is 297 g/mol. The summed E-state index contributed by atoms with van der Waals surface area (Å²) in [4.78, 5) is 0. The molecular formula is C15H14F3NO2. The van der Waals surface area contributed by atoms with Crippen molar-refractivity contribution in [1.82, 2.24) is 0 Å². The van der Waals surface area contributed by atoms with E-state index in [1.54, 1.807) is 12.1 Å². The third kappa shape index (κ3) is 3.81.